The molecule has 57 heavy (non-hydrogen) atoms. The summed E-state index contributed by atoms with van der Waals surface area (Å²) in [6.07, 6.45) is -3.84. The lowest BCUT2D eigenvalue weighted by Crippen LogP contribution is -2.61. The number of nitrogens with one attached hydrogen (secondary N) is 3. The van der Waals surface area contributed by atoms with Gasteiger partial charge in [-0.05, 0) is 70.0 Å². The van der Waals surface area contributed by atoms with E-state index in [9.17, 15) is 42.3 Å². The summed E-state index contributed by atoms with van der Waals surface area (Å²) >= 11 is 0. The standard InChI is InChI=1S/C36H52FN7O6.C2HF3O2/c1-35(2,37)23-29(32(47)41-27(15-9-10-18-38)33(48)44-19-16-36(40,17-20-44)34(49)50)43-31(46)28(22-25-13-7-4-8-14-25)42-30(45)26(39)21-24-11-5-3-6-12-24;3-2(4,5)1(6)7/h3-8,11-14,26-29H,9-10,15-23,38-40H2,1-2H3,(H,41,47)(H,42,45)(H,43,46)(H,49,50);(H,6,7)/t26-,27-,28-,29?;/m1./s1. The number of likely N-dealkylation sites (tertiary alicyclic amines) is 1. The van der Waals surface area contributed by atoms with Crippen molar-refractivity contribution < 1.29 is 56.5 Å². The highest BCUT2D eigenvalue weighted by Gasteiger charge is 2.41. The number of nitrogens with two attached hydrogens (primary N) is 3. The van der Waals surface area contributed by atoms with Crippen LogP contribution in [0.4, 0.5) is 17.6 Å². The van der Waals surface area contributed by atoms with Gasteiger partial charge < -0.3 is 48.3 Å². The maximum Gasteiger partial charge on any atom is 0.490 e. The average molecular weight is 812 g/mol. The van der Waals surface area contributed by atoms with Crippen molar-refractivity contribution in [2.24, 2.45) is 17.2 Å². The molecule has 1 aliphatic rings. The molecule has 4 amide bonds. The van der Waals surface area contributed by atoms with Crippen LogP contribution >= 0.6 is 0 Å². The SMILES string of the molecule is CC(C)(F)CC(NC(=O)[C@@H](Cc1ccccc1)NC(=O)[C@H](N)Cc1ccccc1)C(=O)N[C@H](CCCCN)C(=O)N1CCC(N)(C(=O)O)CC1.O=C(O)C(F)(F)F. The van der Waals surface area contributed by atoms with E-state index in [0.717, 1.165) is 11.1 Å². The lowest BCUT2D eigenvalue weighted by Gasteiger charge is -2.38. The number of nitrogens with zero attached hydrogens (tertiary/aromatic N) is 1. The van der Waals surface area contributed by atoms with Crippen molar-refractivity contribution in [1.82, 2.24) is 20.9 Å². The van der Waals surface area contributed by atoms with Gasteiger partial charge in [-0.3, -0.25) is 24.0 Å². The normalized spacial score (nSPS) is 16.1. The molecule has 0 aromatic heterocycles. The fraction of sp³-hybridized carbons (Fsp3) is 0.526. The number of alkyl halides is 4. The minimum atomic E-state index is -5.08. The van der Waals surface area contributed by atoms with Crippen molar-refractivity contribution in [3.8, 4) is 0 Å². The Morgan fingerprint density at radius 2 is 1.21 bits per heavy atom. The number of carboxylic acids is 2. The fourth-order valence-corrected chi connectivity index (χ4v) is 5.85. The number of hydrogen-bond acceptors (Lipinski definition) is 9. The highest BCUT2D eigenvalue weighted by atomic mass is 19.4. The number of aliphatic carboxylic acids is 2. The molecule has 1 saturated heterocycles. The maximum absolute atomic E-state index is 15.1. The minimum Gasteiger partial charge on any atom is -0.480 e. The predicted octanol–water partition coefficient (Wildman–Crippen LogP) is 1.56. The zero-order valence-corrected chi connectivity index (χ0v) is 31.9. The van der Waals surface area contributed by atoms with Crippen LogP contribution in [0, 0.1) is 0 Å². The molecular formula is C38H53F4N7O8. The van der Waals surface area contributed by atoms with Gasteiger partial charge in [0, 0.05) is 25.9 Å². The topological polar surface area (TPSA) is 260 Å². The Morgan fingerprint density at radius 3 is 1.67 bits per heavy atom. The number of amides is 4. The molecule has 0 spiro atoms. The zero-order chi connectivity index (χ0) is 43.0. The molecule has 0 radical (unpaired) electrons. The second kappa shape index (κ2) is 22.0. The number of hydrogen-bond donors (Lipinski definition) is 8. The Labute approximate surface area is 328 Å². The van der Waals surface area contributed by atoms with Gasteiger partial charge in [0.2, 0.25) is 23.6 Å². The Hall–Kier alpha value is -5.14. The summed E-state index contributed by atoms with van der Waals surface area (Å²) in [6.45, 7) is 3.06. The summed E-state index contributed by atoms with van der Waals surface area (Å²) in [6, 6.07) is 13.6. The average Bonchev–Trinajstić information content (AvgIpc) is 3.14. The first-order valence-electron chi connectivity index (χ1n) is 18.3. The van der Waals surface area contributed by atoms with E-state index in [2.05, 4.69) is 16.0 Å². The summed E-state index contributed by atoms with van der Waals surface area (Å²) in [7, 11) is 0. The first-order chi connectivity index (χ1) is 26.6. The molecule has 1 heterocycles. The smallest absolute Gasteiger partial charge is 0.480 e. The molecule has 2 aromatic carbocycles. The minimum absolute atomic E-state index is 0.0375. The monoisotopic (exact) mass is 811 g/mol. The summed E-state index contributed by atoms with van der Waals surface area (Å²) in [5.41, 5.74) is 16.1. The van der Waals surface area contributed by atoms with Crippen molar-refractivity contribution in [1.29, 1.82) is 0 Å². The van der Waals surface area contributed by atoms with E-state index in [-0.39, 0.29) is 45.2 Å². The van der Waals surface area contributed by atoms with Crippen LogP contribution in [0.15, 0.2) is 60.7 Å². The van der Waals surface area contributed by atoms with Crippen molar-refractivity contribution in [3.05, 3.63) is 71.8 Å². The molecule has 3 rings (SSSR count). The van der Waals surface area contributed by atoms with Crippen molar-refractivity contribution >= 4 is 35.6 Å². The largest absolute Gasteiger partial charge is 0.490 e. The van der Waals surface area contributed by atoms with E-state index in [0.29, 0.717) is 19.4 Å². The number of carboxylic acid groups (broad SMARTS) is 2. The van der Waals surface area contributed by atoms with E-state index in [1.165, 1.54) is 18.7 Å². The first-order valence-corrected chi connectivity index (χ1v) is 18.3. The summed E-state index contributed by atoms with van der Waals surface area (Å²) < 4.78 is 46.9. The van der Waals surface area contributed by atoms with Crippen LogP contribution in [-0.2, 0) is 41.6 Å². The number of unbranched alkanes of at least 4 members (excludes halogenated alkanes) is 1. The van der Waals surface area contributed by atoms with Gasteiger partial charge in [0.1, 0.15) is 29.3 Å². The number of carbonyl (C=O) groups excluding carboxylic acids is 4. The number of halogens is 4. The van der Waals surface area contributed by atoms with Crippen LogP contribution in [0.1, 0.15) is 63.5 Å². The molecule has 15 nitrogen and oxygen atoms in total. The Balaban J connectivity index is 0.00000146. The van der Waals surface area contributed by atoms with Crippen LogP contribution < -0.4 is 33.2 Å². The van der Waals surface area contributed by atoms with Crippen molar-refractivity contribution in [2.45, 2.75) is 107 Å². The number of carbonyl (C=O) groups is 6. The zero-order valence-electron chi connectivity index (χ0n) is 31.9. The third-order valence-electron chi connectivity index (χ3n) is 9.07. The van der Waals surface area contributed by atoms with Gasteiger partial charge in [-0.25, -0.2) is 9.18 Å². The Bertz CT molecular complexity index is 1640. The Kier molecular flexibility index (Phi) is 18.5. The van der Waals surface area contributed by atoms with Gasteiger partial charge in [0.15, 0.2) is 0 Å². The van der Waals surface area contributed by atoms with Crippen LogP contribution in [0.5, 0.6) is 0 Å². The molecule has 0 saturated carbocycles. The second-order valence-electron chi connectivity index (χ2n) is 14.5. The second-order valence-corrected chi connectivity index (χ2v) is 14.5. The van der Waals surface area contributed by atoms with Crippen LogP contribution in [0.25, 0.3) is 0 Å². The van der Waals surface area contributed by atoms with Crippen LogP contribution in [-0.4, -0.2) is 112 Å². The molecule has 316 valence electrons. The van der Waals surface area contributed by atoms with E-state index in [1.54, 1.807) is 24.3 Å². The van der Waals surface area contributed by atoms with Gasteiger partial charge in [0.25, 0.3) is 0 Å². The van der Waals surface area contributed by atoms with Gasteiger partial charge in [-0.15, -0.1) is 0 Å². The molecule has 11 N–H and O–H groups in total. The summed E-state index contributed by atoms with van der Waals surface area (Å²) in [5, 5.41) is 24.7. The summed E-state index contributed by atoms with van der Waals surface area (Å²) in [5.74, 6) is -6.43. The molecule has 4 atom stereocenters. The fourth-order valence-electron chi connectivity index (χ4n) is 5.85. The highest BCUT2D eigenvalue weighted by molar-refractivity contribution is 5.95. The molecular weight excluding hydrogens is 758 g/mol. The third-order valence-corrected chi connectivity index (χ3v) is 9.07. The van der Waals surface area contributed by atoms with Gasteiger partial charge >= 0.3 is 18.1 Å². The quantitative estimate of drug-likeness (QED) is 0.0792. The van der Waals surface area contributed by atoms with E-state index < -0.39 is 83.5 Å². The van der Waals surface area contributed by atoms with Crippen LogP contribution in [0.2, 0.25) is 0 Å². The van der Waals surface area contributed by atoms with E-state index in [1.807, 2.05) is 36.4 Å². The van der Waals surface area contributed by atoms with Gasteiger partial charge in [-0.2, -0.15) is 13.2 Å². The lowest BCUT2D eigenvalue weighted by molar-refractivity contribution is -0.192. The molecule has 0 bridgehead atoms. The Morgan fingerprint density at radius 1 is 0.754 bits per heavy atom. The molecule has 1 unspecified atom stereocenters. The highest BCUT2D eigenvalue weighted by Crippen LogP contribution is 2.22. The van der Waals surface area contributed by atoms with Crippen LogP contribution in [0.3, 0.4) is 0 Å². The van der Waals surface area contributed by atoms with Crippen molar-refractivity contribution in [3.63, 3.8) is 0 Å². The van der Waals surface area contributed by atoms with E-state index in [4.69, 9.17) is 27.1 Å². The summed E-state index contributed by atoms with van der Waals surface area (Å²) in [4.78, 5) is 76.5. The molecule has 0 aliphatic carbocycles. The molecule has 1 aliphatic heterocycles. The molecule has 2 aromatic rings. The maximum atomic E-state index is 15.1. The molecule has 1 fully saturated rings. The number of rotatable bonds is 18. The predicted molar refractivity (Wildman–Crippen MR) is 201 cm³/mol. The lowest BCUT2D eigenvalue weighted by atomic mass is 9.88. The van der Waals surface area contributed by atoms with Crippen molar-refractivity contribution in [2.75, 3.05) is 19.6 Å². The number of benzene rings is 2. The van der Waals surface area contributed by atoms with E-state index >= 15 is 4.39 Å². The van der Waals surface area contributed by atoms with Gasteiger partial charge in [-0.1, -0.05) is 60.7 Å². The number of piperidine rings is 1. The molecule has 19 heteroatoms. The first kappa shape index (κ1) is 48.0. The third kappa shape index (κ3) is 16.9. The van der Waals surface area contributed by atoms with Gasteiger partial charge in [0.05, 0.1) is 6.04 Å².